The number of azo groups is 1. The summed E-state index contributed by atoms with van der Waals surface area (Å²) < 4.78 is 25.5. The second kappa shape index (κ2) is 15.7. The van der Waals surface area contributed by atoms with E-state index in [4.69, 9.17) is 9.47 Å². The number of nitrogens with zero attached hydrogens (tertiary/aromatic N) is 4. The molecule has 0 fully saturated rings. The van der Waals surface area contributed by atoms with Crippen molar-refractivity contribution in [3.05, 3.63) is 81.7 Å². The third kappa shape index (κ3) is 8.89. The lowest BCUT2D eigenvalue weighted by Crippen LogP contribution is -2.27. The van der Waals surface area contributed by atoms with Crippen LogP contribution in [0.4, 0.5) is 32.8 Å². The summed E-state index contributed by atoms with van der Waals surface area (Å²) in [6.07, 6.45) is 0.827. The molecular weight excluding hydrogens is 561 g/mol. The standard InChI is InChI=1S/C30H32FN5O7/c1-4-22(38)18-43-30(39)11-12-35(5-2)28-16-24(32-19-37)25(17-29(28)42-3)33-34-26-15-23(31)21(14-27(26)36(40)41)13-20-9-7-6-8-10-20/h6-10,14-17,19H,4-5,11-13,18H2,1-3H3,(H,32,37). The number of carbonyl (C=O) groups excluding carboxylic acids is 3. The monoisotopic (exact) mass is 593 g/mol. The molecule has 0 atom stereocenters. The number of hydrogen-bond donors (Lipinski definition) is 1. The number of benzene rings is 3. The topological polar surface area (TPSA) is 153 Å². The van der Waals surface area contributed by atoms with Gasteiger partial charge in [0.2, 0.25) is 6.41 Å². The Bertz CT molecular complexity index is 1500. The number of Topliss-reactive ketones (excluding diaryl/α,β-unsaturated/α-hetero) is 1. The molecule has 0 spiro atoms. The molecule has 0 aliphatic carbocycles. The maximum Gasteiger partial charge on any atom is 0.308 e. The van der Waals surface area contributed by atoms with Crippen molar-refractivity contribution in [1.82, 2.24) is 0 Å². The van der Waals surface area contributed by atoms with Gasteiger partial charge >= 0.3 is 5.97 Å². The van der Waals surface area contributed by atoms with Gasteiger partial charge in [0.15, 0.2) is 11.5 Å². The molecule has 13 heteroatoms. The molecule has 0 aromatic heterocycles. The Morgan fingerprint density at radius 3 is 2.44 bits per heavy atom. The van der Waals surface area contributed by atoms with E-state index in [1.807, 2.05) is 13.0 Å². The van der Waals surface area contributed by atoms with E-state index in [1.54, 1.807) is 42.2 Å². The van der Waals surface area contributed by atoms with E-state index in [0.29, 0.717) is 24.4 Å². The SMILES string of the molecule is CCC(=O)COC(=O)CCN(CC)c1cc(NC=O)c(N=Nc2cc(F)c(Cc3ccccc3)cc2[N+](=O)[O-])cc1OC. The number of nitro groups is 1. The fourth-order valence-corrected chi connectivity index (χ4v) is 4.12. The zero-order valence-electron chi connectivity index (χ0n) is 24.0. The van der Waals surface area contributed by atoms with Crippen molar-refractivity contribution >= 4 is 46.6 Å². The van der Waals surface area contributed by atoms with Crippen molar-refractivity contribution in [1.29, 1.82) is 0 Å². The molecular formula is C30H32FN5O7. The number of esters is 1. The molecule has 0 aliphatic rings. The van der Waals surface area contributed by atoms with E-state index in [9.17, 15) is 28.9 Å². The number of carbonyl (C=O) groups is 3. The number of ether oxygens (including phenoxy) is 2. The molecule has 0 aliphatic heterocycles. The first kappa shape index (κ1) is 32.3. The van der Waals surface area contributed by atoms with Crippen LogP contribution in [0.5, 0.6) is 5.75 Å². The van der Waals surface area contributed by atoms with E-state index in [-0.39, 0.29) is 60.8 Å². The first-order valence-corrected chi connectivity index (χ1v) is 13.5. The molecule has 0 unspecified atom stereocenters. The highest BCUT2D eigenvalue weighted by atomic mass is 19.1. The zero-order chi connectivity index (χ0) is 31.4. The van der Waals surface area contributed by atoms with Gasteiger partial charge < -0.3 is 19.7 Å². The largest absolute Gasteiger partial charge is 0.494 e. The van der Waals surface area contributed by atoms with Gasteiger partial charge in [0.25, 0.3) is 5.69 Å². The minimum atomic E-state index is -0.682. The predicted octanol–water partition coefficient (Wildman–Crippen LogP) is 6.06. The number of anilines is 2. The second-order valence-electron chi connectivity index (χ2n) is 9.24. The number of methoxy groups -OCH3 is 1. The lowest BCUT2D eigenvalue weighted by molar-refractivity contribution is -0.384. The van der Waals surface area contributed by atoms with Gasteiger partial charge in [-0.2, -0.15) is 0 Å². The van der Waals surface area contributed by atoms with Crippen molar-refractivity contribution < 1.29 is 33.2 Å². The molecule has 1 amide bonds. The highest BCUT2D eigenvalue weighted by molar-refractivity contribution is 5.85. The number of ketones is 1. The van der Waals surface area contributed by atoms with Crippen molar-refractivity contribution in [3.8, 4) is 5.75 Å². The van der Waals surface area contributed by atoms with Crippen LogP contribution in [0.3, 0.4) is 0 Å². The molecule has 0 saturated heterocycles. The summed E-state index contributed by atoms with van der Waals surface area (Å²) in [4.78, 5) is 47.9. The first-order chi connectivity index (χ1) is 20.7. The van der Waals surface area contributed by atoms with E-state index < -0.39 is 22.4 Å². The van der Waals surface area contributed by atoms with Crippen LogP contribution in [0.2, 0.25) is 0 Å². The minimum absolute atomic E-state index is 0.0125. The summed E-state index contributed by atoms with van der Waals surface area (Å²) in [5.74, 6) is -1.10. The number of hydrogen-bond acceptors (Lipinski definition) is 10. The Balaban J connectivity index is 1.91. The predicted molar refractivity (Wildman–Crippen MR) is 158 cm³/mol. The molecule has 3 aromatic rings. The highest BCUT2D eigenvalue weighted by Gasteiger charge is 2.21. The summed E-state index contributed by atoms with van der Waals surface area (Å²) >= 11 is 0. The van der Waals surface area contributed by atoms with Crippen LogP contribution >= 0.6 is 0 Å². The molecule has 43 heavy (non-hydrogen) atoms. The molecule has 12 nitrogen and oxygen atoms in total. The molecule has 0 radical (unpaired) electrons. The molecule has 3 aromatic carbocycles. The number of nitro benzene ring substituents is 1. The summed E-state index contributed by atoms with van der Waals surface area (Å²) in [5, 5.41) is 22.4. The maximum atomic E-state index is 15.0. The molecule has 3 rings (SSSR count). The van der Waals surface area contributed by atoms with Crippen LogP contribution in [0.25, 0.3) is 0 Å². The third-order valence-corrected chi connectivity index (χ3v) is 6.45. The smallest absolute Gasteiger partial charge is 0.308 e. The Morgan fingerprint density at radius 1 is 1.09 bits per heavy atom. The number of amides is 1. The Kier molecular flexibility index (Phi) is 11.8. The quantitative estimate of drug-likeness (QED) is 0.0692. The Morgan fingerprint density at radius 2 is 1.81 bits per heavy atom. The summed E-state index contributed by atoms with van der Waals surface area (Å²) in [6.45, 7) is 3.91. The zero-order valence-corrected chi connectivity index (χ0v) is 24.0. The van der Waals surface area contributed by atoms with Gasteiger partial charge in [-0.05, 0) is 24.1 Å². The number of rotatable bonds is 16. The Labute approximate surface area is 247 Å². The van der Waals surface area contributed by atoms with E-state index in [1.165, 1.54) is 13.2 Å². The second-order valence-corrected chi connectivity index (χ2v) is 9.24. The number of halogens is 1. The summed E-state index contributed by atoms with van der Waals surface area (Å²) in [5.41, 5.74) is 0.951. The van der Waals surface area contributed by atoms with Crippen molar-refractivity contribution in [2.75, 3.05) is 37.0 Å². The van der Waals surface area contributed by atoms with Crippen LogP contribution in [-0.2, 0) is 25.5 Å². The van der Waals surface area contributed by atoms with E-state index in [0.717, 1.165) is 17.7 Å². The fraction of sp³-hybridized carbons (Fsp3) is 0.300. The van der Waals surface area contributed by atoms with Gasteiger partial charge in [0.1, 0.15) is 23.9 Å². The summed E-state index contributed by atoms with van der Waals surface area (Å²) in [7, 11) is 1.41. The highest BCUT2D eigenvalue weighted by Crippen LogP contribution is 2.40. The van der Waals surface area contributed by atoms with Gasteiger partial charge in [0.05, 0.1) is 29.8 Å². The van der Waals surface area contributed by atoms with Crippen LogP contribution in [0.1, 0.15) is 37.8 Å². The van der Waals surface area contributed by atoms with Crippen molar-refractivity contribution in [2.45, 2.75) is 33.1 Å². The lowest BCUT2D eigenvalue weighted by Gasteiger charge is -2.25. The average molecular weight is 594 g/mol. The van der Waals surface area contributed by atoms with Gasteiger partial charge in [0, 0.05) is 44.1 Å². The first-order valence-electron chi connectivity index (χ1n) is 13.5. The van der Waals surface area contributed by atoms with Crippen molar-refractivity contribution in [3.63, 3.8) is 0 Å². The number of nitrogens with one attached hydrogen (secondary N) is 1. The molecule has 0 heterocycles. The molecule has 0 bridgehead atoms. The van der Waals surface area contributed by atoms with Gasteiger partial charge in [-0.1, -0.05) is 37.3 Å². The summed E-state index contributed by atoms with van der Waals surface area (Å²) in [6, 6.07) is 14.1. The van der Waals surface area contributed by atoms with Gasteiger partial charge in [-0.15, -0.1) is 10.2 Å². The fourth-order valence-electron chi connectivity index (χ4n) is 4.12. The molecule has 226 valence electrons. The molecule has 0 saturated carbocycles. The lowest BCUT2D eigenvalue weighted by atomic mass is 10.0. The van der Waals surface area contributed by atoms with Crippen LogP contribution in [0.15, 0.2) is 64.8 Å². The average Bonchev–Trinajstić information content (AvgIpc) is 3.01. The van der Waals surface area contributed by atoms with Crippen LogP contribution < -0.4 is 15.0 Å². The Hall–Kier alpha value is -5.20. The van der Waals surface area contributed by atoms with Gasteiger partial charge in [-0.3, -0.25) is 24.5 Å². The van der Waals surface area contributed by atoms with Crippen LogP contribution in [0, 0.1) is 15.9 Å². The maximum absolute atomic E-state index is 15.0. The van der Waals surface area contributed by atoms with E-state index in [2.05, 4.69) is 15.5 Å². The third-order valence-electron chi connectivity index (χ3n) is 6.45. The van der Waals surface area contributed by atoms with Crippen LogP contribution in [-0.4, -0.2) is 49.9 Å². The van der Waals surface area contributed by atoms with E-state index >= 15 is 0 Å². The minimum Gasteiger partial charge on any atom is -0.494 e. The van der Waals surface area contributed by atoms with Crippen molar-refractivity contribution in [2.24, 2.45) is 10.2 Å². The van der Waals surface area contributed by atoms with Gasteiger partial charge in [-0.25, -0.2) is 4.39 Å². The normalized spacial score (nSPS) is 10.8. The molecule has 1 N–H and O–H groups in total.